The highest BCUT2D eigenvalue weighted by atomic mass is 16.4. The Morgan fingerprint density at radius 2 is 1.22 bits per heavy atom. The molecule has 9 rings (SSSR count). The maximum Gasteiger partial charge on any atom is 0.344 e. The summed E-state index contributed by atoms with van der Waals surface area (Å²) in [4.78, 5) is 12.9. The SMILES string of the molecule is O=c1oc2ccc3c(c4cc(-c5cccc6c5oc5ccccc56)ccc4n3-c3ccccc3)c2c2ccccc12. The van der Waals surface area contributed by atoms with Crippen LogP contribution in [0.3, 0.4) is 0 Å². The molecule has 0 aliphatic carbocycles. The second kappa shape index (κ2) is 8.20. The molecule has 192 valence electrons. The van der Waals surface area contributed by atoms with E-state index in [1.165, 1.54) is 0 Å². The van der Waals surface area contributed by atoms with Crippen LogP contribution in [0.5, 0.6) is 0 Å². The van der Waals surface area contributed by atoms with Crippen molar-refractivity contribution in [3.63, 3.8) is 0 Å². The van der Waals surface area contributed by atoms with Gasteiger partial charge in [-0.3, -0.25) is 0 Å². The Morgan fingerprint density at radius 1 is 0.488 bits per heavy atom. The molecular formula is C37H21NO3. The van der Waals surface area contributed by atoms with Crippen molar-refractivity contribution in [2.45, 2.75) is 0 Å². The van der Waals surface area contributed by atoms with Gasteiger partial charge in [-0.1, -0.05) is 78.9 Å². The Bertz CT molecular complexity index is 2550. The summed E-state index contributed by atoms with van der Waals surface area (Å²) < 4.78 is 14.6. The number of aromatic nitrogens is 1. The number of para-hydroxylation sites is 3. The van der Waals surface area contributed by atoms with Gasteiger partial charge in [0, 0.05) is 43.6 Å². The van der Waals surface area contributed by atoms with Gasteiger partial charge < -0.3 is 13.4 Å². The van der Waals surface area contributed by atoms with Crippen molar-refractivity contribution in [3.8, 4) is 16.8 Å². The summed E-state index contributed by atoms with van der Waals surface area (Å²) in [7, 11) is 0. The third-order valence-electron chi connectivity index (χ3n) is 8.24. The lowest BCUT2D eigenvalue weighted by atomic mass is 9.98. The monoisotopic (exact) mass is 527 g/mol. The molecule has 0 aliphatic heterocycles. The van der Waals surface area contributed by atoms with Gasteiger partial charge in [0.1, 0.15) is 16.7 Å². The van der Waals surface area contributed by atoms with Gasteiger partial charge in [-0.25, -0.2) is 4.79 Å². The maximum atomic E-state index is 12.9. The standard InChI is InChI=1S/C37H21NO3/c39-37-28-13-5-4-12-26(28)35-33(41-37)20-19-31-34(35)29-21-22(17-18-30(29)38(31)23-9-2-1-3-10-23)24-14-8-15-27-25-11-6-7-16-32(25)40-36(24)27/h1-21H. The van der Waals surface area contributed by atoms with E-state index in [1.54, 1.807) is 0 Å². The van der Waals surface area contributed by atoms with Crippen LogP contribution in [0, 0.1) is 0 Å². The van der Waals surface area contributed by atoms with Crippen molar-refractivity contribution in [3.05, 3.63) is 138 Å². The first kappa shape index (κ1) is 22.2. The summed E-state index contributed by atoms with van der Waals surface area (Å²) in [6, 6.07) is 43.2. The number of hydrogen-bond donors (Lipinski definition) is 0. The summed E-state index contributed by atoms with van der Waals surface area (Å²) in [6.45, 7) is 0. The smallest absolute Gasteiger partial charge is 0.344 e. The van der Waals surface area contributed by atoms with Gasteiger partial charge in [-0.15, -0.1) is 0 Å². The van der Waals surface area contributed by atoms with Crippen LogP contribution >= 0.6 is 0 Å². The molecule has 0 N–H and O–H groups in total. The fraction of sp³-hybridized carbons (Fsp3) is 0. The van der Waals surface area contributed by atoms with Crippen molar-refractivity contribution >= 4 is 65.5 Å². The van der Waals surface area contributed by atoms with Crippen molar-refractivity contribution in [2.75, 3.05) is 0 Å². The van der Waals surface area contributed by atoms with Crippen LogP contribution in [-0.4, -0.2) is 4.57 Å². The molecule has 4 heteroatoms. The zero-order chi connectivity index (χ0) is 27.1. The topological polar surface area (TPSA) is 48.3 Å². The summed E-state index contributed by atoms with van der Waals surface area (Å²) in [5.41, 5.74) is 7.32. The van der Waals surface area contributed by atoms with Gasteiger partial charge in [0.05, 0.1) is 16.4 Å². The number of hydrogen-bond acceptors (Lipinski definition) is 3. The van der Waals surface area contributed by atoms with E-state index < -0.39 is 0 Å². The van der Waals surface area contributed by atoms with Gasteiger partial charge in [-0.2, -0.15) is 0 Å². The molecule has 6 aromatic carbocycles. The predicted octanol–water partition coefficient (Wildman–Crippen LogP) is 9.61. The average molecular weight is 528 g/mol. The molecule has 3 heterocycles. The molecular weight excluding hydrogens is 506 g/mol. The molecule has 0 bridgehead atoms. The molecule has 0 radical (unpaired) electrons. The van der Waals surface area contributed by atoms with Crippen molar-refractivity contribution < 1.29 is 8.83 Å². The Labute approximate surface area is 233 Å². The maximum absolute atomic E-state index is 12.9. The minimum Gasteiger partial charge on any atom is -0.455 e. The highest BCUT2D eigenvalue weighted by Crippen LogP contribution is 2.42. The summed E-state index contributed by atoms with van der Waals surface area (Å²) in [6.07, 6.45) is 0. The van der Waals surface area contributed by atoms with E-state index in [-0.39, 0.29) is 5.63 Å². The normalized spacial score (nSPS) is 12.0. The molecule has 0 saturated carbocycles. The number of furan rings is 1. The Morgan fingerprint density at radius 3 is 2.10 bits per heavy atom. The van der Waals surface area contributed by atoms with Crippen LogP contribution in [0.4, 0.5) is 0 Å². The molecule has 41 heavy (non-hydrogen) atoms. The highest BCUT2D eigenvalue weighted by molar-refractivity contribution is 6.27. The average Bonchev–Trinajstić information content (AvgIpc) is 3.57. The highest BCUT2D eigenvalue weighted by Gasteiger charge is 2.20. The Hall–Kier alpha value is -5.61. The lowest BCUT2D eigenvalue weighted by Crippen LogP contribution is -1.99. The molecule has 3 aromatic heterocycles. The molecule has 0 spiro atoms. The zero-order valence-electron chi connectivity index (χ0n) is 21.8. The van der Waals surface area contributed by atoms with E-state index in [9.17, 15) is 4.79 Å². The van der Waals surface area contributed by atoms with E-state index in [2.05, 4.69) is 77.4 Å². The van der Waals surface area contributed by atoms with Crippen LogP contribution in [0.2, 0.25) is 0 Å². The largest absolute Gasteiger partial charge is 0.455 e. The Balaban J connectivity index is 1.46. The first-order valence-electron chi connectivity index (χ1n) is 13.6. The van der Waals surface area contributed by atoms with Gasteiger partial charge in [0.15, 0.2) is 0 Å². The fourth-order valence-electron chi connectivity index (χ4n) is 6.48. The summed E-state index contributed by atoms with van der Waals surface area (Å²) in [5.74, 6) is 0. The molecule has 0 saturated heterocycles. The van der Waals surface area contributed by atoms with Crippen molar-refractivity contribution in [1.82, 2.24) is 4.57 Å². The van der Waals surface area contributed by atoms with Gasteiger partial charge in [-0.05, 0) is 54.1 Å². The molecule has 9 aromatic rings. The fourth-order valence-corrected chi connectivity index (χ4v) is 6.48. The molecule has 0 atom stereocenters. The van der Waals surface area contributed by atoms with Crippen molar-refractivity contribution in [1.29, 1.82) is 0 Å². The molecule has 4 nitrogen and oxygen atoms in total. The third kappa shape index (κ3) is 3.07. The zero-order valence-corrected chi connectivity index (χ0v) is 21.8. The summed E-state index contributed by atoms with van der Waals surface area (Å²) in [5, 5.41) is 6.76. The van der Waals surface area contributed by atoms with Gasteiger partial charge in [0.25, 0.3) is 0 Å². The molecule has 0 amide bonds. The second-order valence-electron chi connectivity index (χ2n) is 10.5. The van der Waals surface area contributed by atoms with Gasteiger partial charge in [0.2, 0.25) is 0 Å². The molecule has 0 unspecified atom stereocenters. The summed E-state index contributed by atoms with van der Waals surface area (Å²) >= 11 is 0. The van der Waals surface area contributed by atoms with E-state index in [1.807, 2.05) is 54.6 Å². The van der Waals surface area contributed by atoms with Crippen LogP contribution in [-0.2, 0) is 0 Å². The van der Waals surface area contributed by atoms with Crippen LogP contribution in [0.1, 0.15) is 0 Å². The number of fused-ring (bicyclic) bond motifs is 10. The van der Waals surface area contributed by atoms with Crippen molar-refractivity contribution in [2.24, 2.45) is 0 Å². The van der Waals surface area contributed by atoms with E-state index >= 15 is 0 Å². The van der Waals surface area contributed by atoms with E-state index in [4.69, 9.17) is 8.83 Å². The predicted molar refractivity (Wildman–Crippen MR) is 167 cm³/mol. The Kier molecular flexibility index (Phi) is 4.44. The van der Waals surface area contributed by atoms with Crippen LogP contribution in [0.25, 0.3) is 82.3 Å². The van der Waals surface area contributed by atoms with Gasteiger partial charge >= 0.3 is 5.63 Å². The van der Waals surface area contributed by atoms with Crippen LogP contribution < -0.4 is 5.63 Å². The van der Waals surface area contributed by atoms with E-state index in [0.717, 1.165) is 71.3 Å². The number of rotatable bonds is 2. The first-order valence-corrected chi connectivity index (χ1v) is 13.6. The third-order valence-corrected chi connectivity index (χ3v) is 8.24. The first-order chi connectivity index (χ1) is 20.3. The number of benzene rings is 6. The quantitative estimate of drug-likeness (QED) is 0.166. The molecule has 0 aliphatic rings. The second-order valence-corrected chi connectivity index (χ2v) is 10.5. The van der Waals surface area contributed by atoms with Crippen LogP contribution in [0.15, 0.2) is 141 Å². The number of nitrogens with zero attached hydrogens (tertiary/aromatic N) is 1. The van der Waals surface area contributed by atoms with E-state index in [0.29, 0.717) is 11.0 Å². The minimum absolute atomic E-state index is 0.323. The molecule has 0 fully saturated rings. The lowest BCUT2D eigenvalue weighted by molar-refractivity contribution is 0.570. The lowest BCUT2D eigenvalue weighted by Gasteiger charge is -2.08. The minimum atomic E-state index is -0.323.